The summed E-state index contributed by atoms with van der Waals surface area (Å²) in [6.45, 7) is 0. The summed E-state index contributed by atoms with van der Waals surface area (Å²) in [6, 6.07) is 4.96. The monoisotopic (exact) mass is 149 g/mol. The van der Waals surface area contributed by atoms with E-state index in [-0.39, 0.29) is 29.6 Å². The minimum atomic E-state index is 0. The first-order valence-electron chi connectivity index (χ1n) is 2.16. The number of rotatable bonds is 0. The Bertz CT molecular complexity index is 234. The van der Waals surface area contributed by atoms with Crippen molar-refractivity contribution in [1.82, 2.24) is 4.73 Å². The van der Waals surface area contributed by atoms with Crippen molar-refractivity contribution >= 4 is 12.2 Å². The third-order valence-electron chi connectivity index (χ3n) is 0.789. The predicted molar refractivity (Wildman–Crippen MR) is 34.0 cm³/mol. The van der Waals surface area contributed by atoms with Crippen molar-refractivity contribution in [3.8, 4) is 0 Å². The van der Waals surface area contributed by atoms with Gasteiger partial charge in [-0.05, 0) is 18.3 Å². The van der Waals surface area contributed by atoms with Gasteiger partial charge >= 0.3 is 29.6 Å². The van der Waals surface area contributed by atoms with E-state index < -0.39 is 0 Å². The van der Waals surface area contributed by atoms with Crippen LogP contribution < -0.4 is 29.6 Å². The van der Waals surface area contributed by atoms with Gasteiger partial charge in [-0.2, -0.15) is 0 Å². The van der Waals surface area contributed by atoms with Crippen molar-refractivity contribution in [3.05, 3.63) is 34.2 Å². The zero-order valence-corrected chi connectivity index (χ0v) is 7.89. The minimum Gasteiger partial charge on any atom is -0.805 e. The summed E-state index contributed by atoms with van der Waals surface area (Å²) in [4.78, 5) is 0. The largest absolute Gasteiger partial charge is 1.00 e. The van der Waals surface area contributed by atoms with Gasteiger partial charge in [0.2, 0.25) is 0 Å². The molecule has 1 heterocycles. The van der Waals surface area contributed by atoms with Gasteiger partial charge in [0.05, 0.1) is 0 Å². The van der Waals surface area contributed by atoms with E-state index in [2.05, 4.69) is 12.2 Å². The molecule has 0 atom stereocenters. The number of pyridine rings is 1. The van der Waals surface area contributed by atoms with Gasteiger partial charge in [0, 0.05) is 0 Å². The molecule has 1 aromatic heterocycles. The molecule has 0 aliphatic heterocycles. The molecule has 4 heteroatoms. The van der Waals surface area contributed by atoms with Crippen LogP contribution in [0.15, 0.2) is 24.4 Å². The van der Waals surface area contributed by atoms with Gasteiger partial charge in [-0.1, -0.05) is 18.3 Å². The third-order valence-corrected chi connectivity index (χ3v) is 1.10. The number of hydrogen-bond donors (Lipinski definition) is 0. The van der Waals surface area contributed by atoms with Crippen LogP contribution >= 0.6 is 12.2 Å². The Kier molecular flexibility index (Phi) is 4.14. The zero-order chi connectivity index (χ0) is 5.98. The Hall–Kier alpha value is 0.170. The fraction of sp³-hybridized carbons (Fsp3) is 0. The second-order valence-electron chi connectivity index (χ2n) is 1.36. The van der Waals surface area contributed by atoms with Gasteiger partial charge in [0.15, 0.2) is 0 Å². The Morgan fingerprint density at radius 1 is 1.44 bits per heavy atom. The molecule has 0 N–H and O–H groups in total. The van der Waals surface area contributed by atoms with E-state index in [1.54, 1.807) is 18.2 Å². The number of aromatic nitrogens is 1. The van der Waals surface area contributed by atoms with Gasteiger partial charge in [-0.15, -0.1) is 0 Å². The maximum atomic E-state index is 10.4. The number of nitrogens with zero attached hydrogens (tertiary/aromatic N) is 1. The van der Waals surface area contributed by atoms with Crippen LogP contribution in [0.25, 0.3) is 0 Å². The van der Waals surface area contributed by atoms with E-state index in [0.29, 0.717) is 9.37 Å². The van der Waals surface area contributed by atoms with E-state index >= 15 is 0 Å². The van der Waals surface area contributed by atoms with Gasteiger partial charge in [0.1, 0.15) is 4.64 Å². The molecule has 9 heavy (non-hydrogen) atoms. The van der Waals surface area contributed by atoms with Crippen LogP contribution in [0.4, 0.5) is 0 Å². The van der Waals surface area contributed by atoms with Gasteiger partial charge in [0.25, 0.3) is 0 Å². The van der Waals surface area contributed by atoms with E-state index in [0.717, 1.165) is 0 Å². The summed E-state index contributed by atoms with van der Waals surface area (Å²) in [6.07, 6.45) is 1.38. The molecular formula is C5H4NNaOS. The van der Waals surface area contributed by atoms with Crippen molar-refractivity contribution < 1.29 is 29.6 Å². The SMILES string of the molecule is [Na+].[O-]n1ccccc1=S. The van der Waals surface area contributed by atoms with Crippen molar-refractivity contribution in [1.29, 1.82) is 0 Å². The molecule has 0 fully saturated rings. The second kappa shape index (κ2) is 4.06. The molecule has 0 aromatic carbocycles. The molecule has 0 amide bonds. The maximum Gasteiger partial charge on any atom is 1.00 e. The van der Waals surface area contributed by atoms with E-state index in [4.69, 9.17) is 0 Å². The van der Waals surface area contributed by atoms with Crippen molar-refractivity contribution in [3.63, 3.8) is 0 Å². The van der Waals surface area contributed by atoms with Crippen LogP contribution in [0.1, 0.15) is 0 Å². The summed E-state index contributed by atoms with van der Waals surface area (Å²) < 4.78 is 0.961. The molecule has 0 saturated heterocycles. The summed E-state index contributed by atoms with van der Waals surface area (Å²) in [7, 11) is 0. The summed E-state index contributed by atoms with van der Waals surface area (Å²) in [5.74, 6) is 0. The molecular weight excluding hydrogens is 145 g/mol. The first-order valence-corrected chi connectivity index (χ1v) is 2.57. The topological polar surface area (TPSA) is 28.0 Å². The molecule has 42 valence electrons. The predicted octanol–water partition coefficient (Wildman–Crippen LogP) is -1.43. The van der Waals surface area contributed by atoms with Crippen LogP contribution in [0.2, 0.25) is 0 Å². The molecule has 0 aliphatic rings. The van der Waals surface area contributed by atoms with Crippen LogP contribution in [0.3, 0.4) is 0 Å². The van der Waals surface area contributed by atoms with Gasteiger partial charge in [-0.25, -0.2) is 0 Å². The first-order chi connectivity index (χ1) is 3.80. The molecule has 0 bridgehead atoms. The minimum absolute atomic E-state index is 0. The fourth-order valence-electron chi connectivity index (χ4n) is 0.413. The Labute approximate surface area is 80.4 Å². The van der Waals surface area contributed by atoms with Crippen LogP contribution in [-0.2, 0) is 0 Å². The van der Waals surface area contributed by atoms with Crippen molar-refractivity contribution in [2.75, 3.05) is 0 Å². The molecule has 0 saturated carbocycles. The van der Waals surface area contributed by atoms with Crippen LogP contribution in [0.5, 0.6) is 0 Å². The number of hydrogen-bond acceptors (Lipinski definition) is 2. The first kappa shape index (κ1) is 9.17. The Morgan fingerprint density at radius 2 is 2.11 bits per heavy atom. The Morgan fingerprint density at radius 3 is 2.44 bits per heavy atom. The van der Waals surface area contributed by atoms with Gasteiger partial charge < -0.3 is 9.94 Å². The normalized spacial score (nSPS) is 8.00. The van der Waals surface area contributed by atoms with E-state index in [1.807, 2.05) is 0 Å². The van der Waals surface area contributed by atoms with Crippen molar-refractivity contribution in [2.24, 2.45) is 0 Å². The summed E-state index contributed by atoms with van der Waals surface area (Å²) >= 11 is 4.60. The zero-order valence-electron chi connectivity index (χ0n) is 5.07. The molecule has 1 aromatic rings. The van der Waals surface area contributed by atoms with Crippen LogP contribution in [0, 0.1) is 9.85 Å². The molecule has 0 aliphatic carbocycles. The second-order valence-corrected chi connectivity index (χ2v) is 1.78. The molecule has 0 radical (unpaired) electrons. The van der Waals surface area contributed by atoms with E-state index in [1.165, 1.54) is 6.20 Å². The Balaban J connectivity index is 0.000000640. The third kappa shape index (κ3) is 2.49. The smallest absolute Gasteiger partial charge is 0.805 e. The van der Waals surface area contributed by atoms with Crippen LogP contribution in [-0.4, -0.2) is 4.73 Å². The average molecular weight is 149 g/mol. The summed E-state index contributed by atoms with van der Waals surface area (Å²) in [5, 5.41) is 10.4. The molecule has 2 nitrogen and oxygen atoms in total. The standard InChI is InChI=1S/C5H4NOS.Na/c7-6-4-2-1-3-5(6)8;/h1-4H;/q-1;+1. The molecule has 0 spiro atoms. The van der Waals surface area contributed by atoms with Gasteiger partial charge in [-0.3, -0.25) is 0 Å². The van der Waals surface area contributed by atoms with Crippen molar-refractivity contribution in [2.45, 2.75) is 0 Å². The molecule has 0 unspecified atom stereocenters. The molecule has 1 rings (SSSR count). The maximum absolute atomic E-state index is 10.4. The van der Waals surface area contributed by atoms with E-state index in [9.17, 15) is 5.21 Å². The summed E-state index contributed by atoms with van der Waals surface area (Å²) in [5.41, 5.74) is 0. The fourth-order valence-corrected chi connectivity index (χ4v) is 0.552. The quantitative estimate of drug-likeness (QED) is 0.334. The average Bonchev–Trinajstić information content (AvgIpc) is 1.77.